The van der Waals surface area contributed by atoms with E-state index in [9.17, 15) is 14.9 Å². The van der Waals surface area contributed by atoms with Gasteiger partial charge in [-0.25, -0.2) is 4.99 Å². The first-order valence-corrected chi connectivity index (χ1v) is 12.5. The van der Waals surface area contributed by atoms with E-state index in [1.165, 1.54) is 0 Å². The number of carbonyl (C=O) groups excluding carboxylic acids is 2. The van der Waals surface area contributed by atoms with Gasteiger partial charge in [0.15, 0.2) is 6.19 Å². The van der Waals surface area contributed by atoms with Crippen LogP contribution in [0.15, 0.2) is 64.0 Å². The van der Waals surface area contributed by atoms with Crippen LogP contribution in [0.4, 0.5) is 5.69 Å². The van der Waals surface area contributed by atoms with Gasteiger partial charge in [-0.1, -0.05) is 37.3 Å². The molecule has 192 valence electrons. The molecule has 2 heterocycles. The molecule has 2 unspecified atom stereocenters. The summed E-state index contributed by atoms with van der Waals surface area (Å²) in [5.74, 6) is 0.738. The predicted molar refractivity (Wildman–Crippen MR) is 143 cm³/mol. The molecule has 0 saturated carbocycles. The van der Waals surface area contributed by atoms with E-state index < -0.39 is 6.04 Å². The van der Waals surface area contributed by atoms with Crippen LogP contribution in [0, 0.1) is 18.4 Å². The number of aliphatic imine (C=N–C) groups is 1. The largest absolute Gasteiger partial charge is 0.461 e. The Morgan fingerprint density at radius 3 is 2.81 bits per heavy atom. The minimum atomic E-state index is -0.693. The van der Waals surface area contributed by atoms with Crippen LogP contribution in [0.5, 0.6) is 0 Å². The monoisotopic (exact) mass is 500 g/mol. The van der Waals surface area contributed by atoms with E-state index in [-0.39, 0.29) is 30.2 Å². The zero-order valence-corrected chi connectivity index (χ0v) is 21.2. The van der Waals surface area contributed by atoms with E-state index in [2.05, 4.69) is 27.9 Å². The number of anilines is 1. The van der Waals surface area contributed by atoms with Crippen molar-refractivity contribution in [1.29, 1.82) is 5.26 Å². The standard InChI is InChI=1S/C28H32N6O3/c1-19(21-8-4-3-5-9-21)16-30-26(35)17-34-13-7-6-10-24(27(34)36)33-28(31-18-29)32-23-11-12-25-22(15-23)14-20(2)37-25/h3-5,8-9,11-12,14-15,19,24H,6-7,10,13,16-17H2,1-2H3,(H,30,35)(H2,31,32,33). The lowest BCUT2D eigenvalue weighted by Crippen LogP contribution is -2.45. The Kier molecular flexibility index (Phi) is 8.41. The average molecular weight is 501 g/mol. The van der Waals surface area contributed by atoms with Gasteiger partial charge >= 0.3 is 0 Å². The van der Waals surface area contributed by atoms with Gasteiger partial charge in [-0.15, -0.1) is 0 Å². The molecule has 1 aromatic heterocycles. The number of carbonyl (C=O) groups is 2. The average Bonchev–Trinajstić information content (AvgIpc) is 3.19. The second-order valence-electron chi connectivity index (χ2n) is 9.34. The Morgan fingerprint density at radius 2 is 2.03 bits per heavy atom. The quantitative estimate of drug-likeness (QED) is 0.196. The molecule has 9 heteroatoms. The summed E-state index contributed by atoms with van der Waals surface area (Å²) in [4.78, 5) is 32.1. The van der Waals surface area contributed by atoms with Gasteiger partial charge in [0, 0.05) is 24.2 Å². The molecule has 2 atom stereocenters. The lowest BCUT2D eigenvalue weighted by Gasteiger charge is -2.23. The number of benzene rings is 2. The van der Waals surface area contributed by atoms with Crippen LogP contribution in [0.3, 0.4) is 0 Å². The van der Waals surface area contributed by atoms with Gasteiger partial charge in [0.2, 0.25) is 17.8 Å². The molecule has 0 bridgehead atoms. The second kappa shape index (κ2) is 12.1. The summed E-state index contributed by atoms with van der Waals surface area (Å²) < 4.78 is 5.61. The molecule has 0 aliphatic carbocycles. The van der Waals surface area contributed by atoms with E-state index in [0.29, 0.717) is 25.2 Å². The van der Waals surface area contributed by atoms with Crippen LogP contribution in [0.25, 0.3) is 11.0 Å². The van der Waals surface area contributed by atoms with E-state index in [4.69, 9.17) is 4.42 Å². The molecule has 0 radical (unpaired) electrons. The first-order valence-electron chi connectivity index (χ1n) is 12.5. The van der Waals surface area contributed by atoms with Crippen LogP contribution in [0.1, 0.15) is 43.4 Å². The number of nitrogens with one attached hydrogen (secondary N) is 3. The number of fused-ring (bicyclic) bond motifs is 1. The molecule has 0 spiro atoms. The summed E-state index contributed by atoms with van der Waals surface area (Å²) in [7, 11) is 0. The lowest BCUT2D eigenvalue weighted by molar-refractivity contribution is -0.136. The number of guanidine groups is 1. The van der Waals surface area contributed by atoms with Crippen molar-refractivity contribution in [2.45, 2.75) is 45.1 Å². The summed E-state index contributed by atoms with van der Waals surface area (Å²) in [6, 6.07) is 16.8. The highest BCUT2D eigenvalue weighted by molar-refractivity contribution is 5.98. The topological polar surface area (TPSA) is 123 Å². The molecule has 1 aliphatic rings. The van der Waals surface area contributed by atoms with E-state index in [1.807, 2.05) is 67.7 Å². The van der Waals surface area contributed by atoms with Gasteiger partial charge in [-0.3, -0.25) is 14.9 Å². The fraction of sp³-hybridized carbons (Fsp3) is 0.357. The zero-order chi connectivity index (χ0) is 26.2. The van der Waals surface area contributed by atoms with Crippen LogP contribution in [-0.2, 0) is 9.59 Å². The fourth-order valence-corrected chi connectivity index (χ4v) is 4.45. The maximum absolute atomic E-state index is 13.3. The van der Waals surface area contributed by atoms with E-state index >= 15 is 0 Å². The van der Waals surface area contributed by atoms with Crippen molar-refractivity contribution in [1.82, 2.24) is 15.5 Å². The van der Waals surface area contributed by atoms with Crippen LogP contribution in [0.2, 0.25) is 0 Å². The third-order valence-corrected chi connectivity index (χ3v) is 6.42. The molecular weight excluding hydrogens is 468 g/mol. The first-order chi connectivity index (χ1) is 17.9. The molecule has 3 N–H and O–H groups in total. The second-order valence-corrected chi connectivity index (χ2v) is 9.34. The molecule has 9 nitrogen and oxygen atoms in total. The summed E-state index contributed by atoms with van der Waals surface area (Å²) in [6.45, 7) is 4.91. The third-order valence-electron chi connectivity index (χ3n) is 6.42. The van der Waals surface area contributed by atoms with E-state index in [1.54, 1.807) is 4.90 Å². The Labute approximate surface area is 216 Å². The smallest absolute Gasteiger partial charge is 0.247 e. The number of nitriles is 1. The van der Waals surface area contributed by atoms with Crippen molar-refractivity contribution < 1.29 is 14.0 Å². The molecule has 1 fully saturated rings. The Morgan fingerprint density at radius 1 is 1.22 bits per heavy atom. The van der Waals surface area contributed by atoms with Crippen molar-refractivity contribution in [3.05, 3.63) is 65.9 Å². The molecule has 4 rings (SSSR count). The number of rotatable bonds is 7. The van der Waals surface area contributed by atoms with Crippen molar-refractivity contribution in [3.63, 3.8) is 0 Å². The van der Waals surface area contributed by atoms with Gasteiger partial charge in [0.05, 0.1) is 6.54 Å². The minimum absolute atomic E-state index is 0.0166. The van der Waals surface area contributed by atoms with Crippen molar-refractivity contribution >= 4 is 34.4 Å². The Balaban J connectivity index is 1.40. The van der Waals surface area contributed by atoms with Crippen molar-refractivity contribution in [3.8, 4) is 6.19 Å². The SMILES string of the molecule is Cc1cc2cc(NC(=NC3CCCCN(CC(=O)NCC(C)c4ccccc4)C3=O)NC#N)ccc2o1. The highest BCUT2D eigenvalue weighted by atomic mass is 16.3. The molecular formula is C28H32N6O3. The minimum Gasteiger partial charge on any atom is -0.461 e. The normalized spacial score (nSPS) is 17.1. The third kappa shape index (κ3) is 6.88. The van der Waals surface area contributed by atoms with Gasteiger partial charge in [-0.05, 0) is 61.9 Å². The molecule has 1 aliphatic heterocycles. The van der Waals surface area contributed by atoms with Crippen molar-refractivity contribution in [2.75, 3.05) is 25.0 Å². The number of nitrogens with zero attached hydrogens (tertiary/aromatic N) is 3. The number of aryl methyl sites for hydroxylation is 1. The Hall–Kier alpha value is -4.32. The fourth-order valence-electron chi connectivity index (χ4n) is 4.45. The highest BCUT2D eigenvalue weighted by Gasteiger charge is 2.28. The lowest BCUT2D eigenvalue weighted by atomic mass is 10.0. The predicted octanol–water partition coefficient (Wildman–Crippen LogP) is 3.88. The van der Waals surface area contributed by atoms with E-state index in [0.717, 1.165) is 35.1 Å². The maximum Gasteiger partial charge on any atom is 0.247 e. The summed E-state index contributed by atoms with van der Waals surface area (Å²) in [6.07, 6.45) is 4.01. The number of hydrogen-bond acceptors (Lipinski definition) is 5. The number of hydrogen-bond donors (Lipinski definition) is 3. The molecule has 2 amide bonds. The molecule has 37 heavy (non-hydrogen) atoms. The summed E-state index contributed by atoms with van der Waals surface area (Å²) in [5.41, 5.74) is 2.62. The van der Waals surface area contributed by atoms with Crippen LogP contribution >= 0.6 is 0 Å². The Bertz CT molecular complexity index is 1310. The van der Waals surface area contributed by atoms with Gasteiger partial charge in [0.25, 0.3) is 0 Å². The van der Waals surface area contributed by atoms with Crippen LogP contribution in [-0.4, -0.2) is 48.3 Å². The van der Waals surface area contributed by atoms with Gasteiger partial charge in [0.1, 0.15) is 17.4 Å². The summed E-state index contributed by atoms with van der Waals surface area (Å²) in [5, 5.41) is 18.8. The van der Waals surface area contributed by atoms with Gasteiger partial charge in [-0.2, -0.15) is 5.26 Å². The highest BCUT2D eigenvalue weighted by Crippen LogP contribution is 2.23. The number of furan rings is 1. The number of amides is 2. The zero-order valence-electron chi connectivity index (χ0n) is 21.2. The number of likely N-dealkylation sites (tertiary alicyclic amines) is 1. The molecule has 2 aromatic carbocycles. The van der Waals surface area contributed by atoms with Crippen LogP contribution < -0.4 is 16.0 Å². The summed E-state index contributed by atoms with van der Waals surface area (Å²) >= 11 is 0. The van der Waals surface area contributed by atoms with Gasteiger partial charge < -0.3 is 20.0 Å². The molecule has 3 aromatic rings. The van der Waals surface area contributed by atoms with Crippen molar-refractivity contribution in [2.24, 2.45) is 4.99 Å². The molecule has 1 saturated heterocycles. The first kappa shape index (κ1) is 25.8. The maximum atomic E-state index is 13.3.